The van der Waals surface area contributed by atoms with Gasteiger partial charge in [-0.05, 0) is 41.7 Å². The quantitative estimate of drug-likeness (QED) is 0.276. The third kappa shape index (κ3) is 4.55. The van der Waals surface area contributed by atoms with Gasteiger partial charge in [0.25, 0.3) is 0 Å². The first-order chi connectivity index (χ1) is 17.7. The molecule has 0 bridgehead atoms. The Balaban J connectivity index is 1.80. The van der Waals surface area contributed by atoms with Gasteiger partial charge in [-0.2, -0.15) is 0 Å². The van der Waals surface area contributed by atoms with E-state index in [2.05, 4.69) is 41.0 Å². The van der Waals surface area contributed by atoms with Crippen LogP contribution in [0.2, 0.25) is 0 Å². The molecule has 2 aromatic heterocycles. The lowest BCUT2D eigenvalue weighted by molar-refractivity contribution is 0.280. The predicted octanol–water partition coefficient (Wildman–Crippen LogP) is 5.48. The van der Waals surface area contributed by atoms with Crippen LogP contribution in [0.3, 0.4) is 0 Å². The van der Waals surface area contributed by atoms with Crippen molar-refractivity contribution in [2.24, 2.45) is 0 Å². The van der Waals surface area contributed by atoms with Gasteiger partial charge in [0.2, 0.25) is 0 Å². The molecule has 0 aliphatic carbocycles. The minimum absolute atomic E-state index is 0.148. The highest BCUT2D eigenvalue weighted by Crippen LogP contribution is 2.39. The van der Waals surface area contributed by atoms with Gasteiger partial charge in [0.05, 0.1) is 24.5 Å². The van der Waals surface area contributed by atoms with Crippen LogP contribution in [0.1, 0.15) is 18.4 Å². The van der Waals surface area contributed by atoms with Gasteiger partial charge >= 0.3 is 0 Å². The van der Waals surface area contributed by atoms with Crippen molar-refractivity contribution >= 4 is 11.0 Å². The first-order valence-corrected chi connectivity index (χ1v) is 12.2. The topological polar surface area (TPSA) is 76.1 Å². The number of unbranched alkanes of at least 4 members (excludes halogenated alkanes) is 1. The number of benzene rings is 3. The van der Waals surface area contributed by atoms with Crippen LogP contribution in [-0.2, 0) is 13.1 Å². The highest BCUT2D eigenvalue weighted by Gasteiger charge is 2.23. The summed E-state index contributed by atoms with van der Waals surface area (Å²) in [6.45, 7) is 1.40. The number of nitrogens with zero attached hydrogens (tertiary/aromatic N) is 3. The Hall–Kier alpha value is -4.16. The summed E-state index contributed by atoms with van der Waals surface area (Å²) in [5.41, 5.74) is 6.53. The lowest BCUT2D eigenvalue weighted by atomic mass is 9.99. The molecule has 0 radical (unpaired) electrons. The number of fused-ring (bicyclic) bond motifs is 1. The second-order valence-electron chi connectivity index (χ2n) is 8.81. The van der Waals surface area contributed by atoms with E-state index >= 15 is 0 Å². The SMILES string of the molecule is COc1ccc(Cn2c(-c3ccccc3)c(-c3ccccc3)c3c(=N)n(CCCCO)cnc32)cc1. The summed E-state index contributed by atoms with van der Waals surface area (Å²) in [6, 6.07) is 28.7. The number of methoxy groups -OCH3 is 1. The molecule has 2 heterocycles. The average Bonchev–Trinajstić information content (AvgIpc) is 3.26. The molecule has 0 saturated heterocycles. The van der Waals surface area contributed by atoms with Gasteiger partial charge in [0, 0.05) is 25.3 Å². The Morgan fingerprint density at radius 2 is 1.53 bits per heavy atom. The highest BCUT2D eigenvalue weighted by atomic mass is 16.5. The van der Waals surface area contributed by atoms with Gasteiger partial charge in [-0.1, -0.05) is 72.8 Å². The van der Waals surface area contributed by atoms with Crippen molar-refractivity contribution in [2.45, 2.75) is 25.9 Å². The van der Waals surface area contributed by atoms with Crippen LogP contribution in [0, 0.1) is 5.41 Å². The zero-order chi connectivity index (χ0) is 24.9. The Morgan fingerprint density at radius 3 is 2.17 bits per heavy atom. The van der Waals surface area contributed by atoms with Crippen LogP contribution in [0.4, 0.5) is 0 Å². The molecule has 0 aliphatic rings. The van der Waals surface area contributed by atoms with Crippen molar-refractivity contribution in [1.82, 2.24) is 14.1 Å². The lowest BCUT2D eigenvalue weighted by Gasteiger charge is -2.13. The molecule has 2 N–H and O–H groups in total. The molecule has 36 heavy (non-hydrogen) atoms. The molecule has 6 heteroatoms. The number of aromatic nitrogens is 3. The largest absolute Gasteiger partial charge is 0.497 e. The molecule has 0 unspecified atom stereocenters. The zero-order valence-electron chi connectivity index (χ0n) is 20.4. The van der Waals surface area contributed by atoms with Crippen molar-refractivity contribution < 1.29 is 9.84 Å². The van der Waals surface area contributed by atoms with Gasteiger partial charge in [-0.25, -0.2) is 4.98 Å². The van der Waals surface area contributed by atoms with Crippen molar-refractivity contribution in [3.63, 3.8) is 0 Å². The maximum atomic E-state index is 9.23. The van der Waals surface area contributed by atoms with E-state index in [0.29, 0.717) is 25.0 Å². The minimum atomic E-state index is 0.148. The normalized spacial score (nSPS) is 11.2. The molecule has 6 nitrogen and oxygen atoms in total. The summed E-state index contributed by atoms with van der Waals surface area (Å²) in [4.78, 5) is 4.90. The number of aliphatic hydroxyl groups excluding tert-OH is 1. The van der Waals surface area contributed by atoms with E-state index in [1.807, 2.05) is 53.1 Å². The molecule has 3 aromatic carbocycles. The number of nitrogens with one attached hydrogen (secondary N) is 1. The van der Waals surface area contributed by atoms with Crippen LogP contribution in [0.15, 0.2) is 91.3 Å². The highest BCUT2D eigenvalue weighted by molar-refractivity contribution is 6.02. The molecule has 0 atom stereocenters. The first kappa shape index (κ1) is 23.6. The molecule has 0 aliphatic heterocycles. The second-order valence-corrected chi connectivity index (χ2v) is 8.81. The van der Waals surface area contributed by atoms with E-state index in [4.69, 9.17) is 9.72 Å². The van der Waals surface area contributed by atoms with E-state index in [0.717, 1.165) is 51.2 Å². The maximum Gasteiger partial charge on any atom is 0.146 e. The molecule has 0 spiro atoms. The molecule has 0 amide bonds. The maximum absolute atomic E-state index is 9.23. The summed E-state index contributed by atoms with van der Waals surface area (Å²) in [7, 11) is 1.67. The Kier molecular flexibility index (Phi) is 6.96. The molecular weight excluding hydrogens is 448 g/mol. The van der Waals surface area contributed by atoms with Crippen molar-refractivity contribution in [2.75, 3.05) is 13.7 Å². The van der Waals surface area contributed by atoms with Crippen LogP contribution in [0.5, 0.6) is 5.75 Å². The molecular formula is C30H30N4O2. The Labute approximate surface area is 210 Å². The van der Waals surface area contributed by atoms with Gasteiger partial charge in [0.15, 0.2) is 0 Å². The van der Waals surface area contributed by atoms with E-state index in [1.165, 1.54) is 0 Å². The van der Waals surface area contributed by atoms with E-state index < -0.39 is 0 Å². The van der Waals surface area contributed by atoms with Crippen LogP contribution < -0.4 is 10.2 Å². The summed E-state index contributed by atoms with van der Waals surface area (Å²) in [5, 5.41) is 19.3. The summed E-state index contributed by atoms with van der Waals surface area (Å²) in [6.07, 6.45) is 3.25. The van der Waals surface area contributed by atoms with E-state index in [9.17, 15) is 10.5 Å². The molecule has 0 saturated carbocycles. The van der Waals surface area contributed by atoms with E-state index in [1.54, 1.807) is 13.4 Å². The lowest BCUT2D eigenvalue weighted by Crippen LogP contribution is -2.21. The van der Waals surface area contributed by atoms with Crippen molar-refractivity contribution in [3.05, 3.63) is 102 Å². The van der Waals surface area contributed by atoms with Crippen LogP contribution in [-0.4, -0.2) is 32.9 Å². The van der Waals surface area contributed by atoms with E-state index in [-0.39, 0.29) is 6.61 Å². The zero-order valence-corrected chi connectivity index (χ0v) is 20.4. The standard InChI is InChI=1S/C30H30N4O2/c1-36-25-16-14-22(15-17-25)20-34-28(24-12-6-3-7-13-24)26(23-10-4-2-5-11-23)27-29(31)33(18-8-9-19-35)21-32-30(27)34/h2-7,10-17,21,31,35H,8-9,18-20H2,1H3. The Bertz CT molecular complexity index is 1500. The van der Waals surface area contributed by atoms with Crippen molar-refractivity contribution in [1.29, 1.82) is 5.41 Å². The van der Waals surface area contributed by atoms with Crippen LogP contribution in [0.25, 0.3) is 33.4 Å². The second kappa shape index (κ2) is 10.6. The smallest absolute Gasteiger partial charge is 0.146 e. The minimum Gasteiger partial charge on any atom is -0.497 e. The molecule has 182 valence electrons. The first-order valence-electron chi connectivity index (χ1n) is 12.2. The van der Waals surface area contributed by atoms with Gasteiger partial charge in [-0.15, -0.1) is 0 Å². The summed E-state index contributed by atoms with van der Waals surface area (Å²) in [5.74, 6) is 0.819. The number of hydrogen-bond acceptors (Lipinski definition) is 4. The summed E-state index contributed by atoms with van der Waals surface area (Å²) < 4.78 is 9.46. The average molecular weight is 479 g/mol. The van der Waals surface area contributed by atoms with Crippen LogP contribution >= 0.6 is 0 Å². The monoisotopic (exact) mass is 478 g/mol. The third-order valence-corrected chi connectivity index (χ3v) is 6.50. The molecule has 5 rings (SSSR count). The fourth-order valence-corrected chi connectivity index (χ4v) is 4.70. The van der Waals surface area contributed by atoms with Gasteiger partial charge < -0.3 is 19.0 Å². The number of rotatable bonds is 9. The van der Waals surface area contributed by atoms with Gasteiger partial charge in [0.1, 0.15) is 16.9 Å². The van der Waals surface area contributed by atoms with Gasteiger partial charge in [-0.3, -0.25) is 5.41 Å². The molecule has 5 aromatic rings. The fraction of sp³-hybridized carbons (Fsp3) is 0.200. The predicted molar refractivity (Wildman–Crippen MR) is 143 cm³/mol. The number of aryl methyl sites for hydroxylation is 1. The fourth-order valence-electron chi connectivity index (χ4n) is 4.70. The third-order valence-electron chi connectivity index (χ3n) is 6.50. The Morgan fingerprint density at radius 1 is 0.861 bits per heavy atom. The number of ether oxygens (including phenoxy) is 1. The molecule has 0 fully saturated rings. The summed E-state index contributed by atoms with van der Waals surface area (Å²) >= 11 is 0. The number of hydrogen-bond donors (Lipinski definition) is 2. The van der Waals surface area contributed by atoms with Crippen molar-refractivity contribution in [3.8, 4) is 28.1 Å². The number of aliphatic hydroxyl groups is 1.